The minimum Gasteiger partial charge on any atom is -0.447 e. The van der Waals surface area contributed by atoms with Crippen LogP contribution in [0.1, 0.15) is 32.3 Å². The van der Waals surface area contributed by atoms with Gasteiger partial charge in [0.15, 0.2) is 0 Å². The normalized spacial score (nSPS) is 16.9. The van der Waals surface area contributed by atoms with Gasteiger partial charge in [-0.25, -0.2) is 14.5 Å². The Bertz CT molecular complexity index is 1120. The summed E-state index contributed by atoms with van der Waals surface area (Å²) < 4.78 is 46.2. The second-order valence-electron chi connectivity index (χ2n) is 8.19. The zero-order valence-electron chi connectivity index (χ0n) is 18.3. The summed E-state index contributed by atoms with van der Waals surface area (Å²) in [4.78, 5) is 44.8. The van der Waals surface area contributed by atoms with Crippen molar-refractivity contribution in [3.63, 3.8) is 0 Å². The van der Waals surface area contributed by atoms with E-state index in [2.05, 4.69) is 15.0 Å². The van der Waals surface area contributed by atoms with Crippen LogP contribution in [0.2, 0.25) is 0 Å². The van der Waals surface area contributed by atoms with Gasteiger partial charge in [0.25, 0.3) is 5.91 Å². The van der Waals surface area contributed by atoms with Gasteiger partial charge in [-0.3, -0.25) is 15.1 Å². The Kier molecular flexibility index (Phi) is 5.84. The van der Waals surface area contributed by atoms with Gasteiger partial charge in [0.05, 0.1) is 30.2 Å². The molecule has 1 aromatic heterocycles. The van der Waals surface area contributed by atoms with E-state index in [9.17, 15) is 27.6 Å². The number of aromatic nitrogens is 1. The lowest BCUT2D eigenvalue weighted by Crippen LogP contribution is -2.36. The number of hydrogen-bond acceptors (Lipinski definition) is 6. The molecule has 4 amide bonds. The lowest BCUT2D eigenvalue weighted by atomic mass is 10.1. The molecule has 1 saturated heterocycles. The van der Waals surface area contributed by atoms with Crippen molar-refractivity contribution in [2.24, 2.45) is 0 Å². The van der Waals surface area contributed by atoms with E-state index >= 15 is 0 Å². The number of halogens is 3. The third kappa shape index (κ3) is 4.61. The van der Waals surface area contributed by atoms with Crippen molar-refractivity contribution in [3.8, 4) is 5.75 Å². The van der Waals surface area contributed by atoms with Gasteiger partial charge in [0, 0.05) is 6.20 Å². The molecule has 1 spiro atoms. The number of imide groups is 1. The van der Waals surface area contributed by atoms with Crippen molar-refractivity contribution in [1.82, 2.24) is 9.88 Å². The molecule has 34 heavy (non-hydrogen) atoms. The van der Waals surface area contributed by atoms with Crippen LogP contribution in [0.4, 0.5) is 34.1 Å². The molecular formula is C22H21F3N4O5. The molecule has 2 aromatic rings. The largest absolute Gasteiger partial charge is 0.573 e. The molecule has 1 aliphatic heterocycles. The summed E-state index contributed by atoms with van der Waals surface area (Å²) in [7, 11) is 0. The highest BCUT2D eigenvalue weighted by molar-refractivity contribution is 6.24. The number of ether oxygens (including phenoxy) is 2. The van der Waals surface area contributed by atoms with Crippen LogP contribution in [0.3, 0.4) is 0 Å². The summed E-state index contributed by atoms with van der Waals surface area (Å²) in [6, 6.07) is 5.52. The number of nitrogens with zero attached hydrogens (tertiary/aromatic N) is 3. The molecule has 0 bridgehead atoms. The molecule has 4 rings (SSSR count). The van der Waals surface area contributed by atoms with Crippen LogP contribution in [0.25, 0.3) is 0 Å². The number of benzene rings is 1. The van der Waals surface area contributed by atoms with Gasteiger partial charge in [0.1, 0.15) is 11.3 Å². The van der Waals surface area contributed by atoms with Crippen LogP contribution in [-0.4, -0.2) is 45.9 Å². The Labute approximate surface area is 192 Å². The minimum atomic E-state index is -4.85. The fourth-order valence-corrected chi connectivity index (χ4v) is 3.76. The Morgan fingerprint density at radius 3 is 2.44 bits per heavy atom. The number of nitrogens with one attached hydrogen (secondary N) is 1. The average molecular weight is 478 g/mol. The van der Waals surface area contributed by atoms with E-state index in [1.807, 2.05) is 0 Å². The van der Waals surface area contributed by atoms with Gasteiger partial charge in [-0.1, -0.05) is 0 Å². The molecule has 180 valence electrons. The van der Waals surface area contributed by atoms with Crippen LogP contribution >= 0.6 is 0 Å². The third-order valence-corrected chi connectivity index (χ3v) is 5.41. The van der Waals surface area contributed by atoms with Crippen molar-refractivity contribution in [1.29, 1.82) is 0 Å². The highest BCUT2D eigenvalue weighted by atomic mass is 19.4. The fraction of sp³-hybridized carbons (Fsp3) is 0.364. The van der Waals surface area contributed by atoms with Crippen LogP contribution in [0.5, 0.6) is 5.75 Å². The maximum atomic E-state index is 13.3. The average Bonchev–Trinajstić information content (AvgIpc) is 3.51. The van der Waals surface area contributed by atoms with Gasteiger partial charge in [-0.05, 0) is 62.6 Å². The molecular weight excluding hydrogens is 457 g/mol. The number of pyridine rings is 1. The van der Waals surface area contributed by atoms with Crippen LogP contribution in [0.15, 0.2) is 42.7 Å². The Balaban J connectivity index is 1.56. The molecule has 1 N–H and O–H groups in total. The maximum absolute atomic E-state index is 13.3. The molecule has 2 fully saturated rings. The van der Waals surface area contributed by atoms with Gasteiger partial charge >= 0.3 is 18.5 Å². The number of amides is 4. The van der Waals surface area contributed by atoms with Crippen LogP contribution in [0, 0.1) is 0 Å². The number of hydrogen-bond donors (Lipinski definition) is 1. The highest BCUT2D eigenvalue weighted by Crippen LogP contribution is 2.50. The van der Waals surface area contributed by atoms with Gasteiger partial charge in [0.2, 0.25) is 0 Å². The number of alkyl halides is 3. The van der Waals surface area contributed by atoms with Crippen LogP contribution in [-0.2, 0) is 16.1 Å². The summed E-state index contributed by atoms with van der Waals surface area (Å²) in [5.74, 6) is -0.918. The van der Waals surface area contributed by atoms with E-state index < -0.39 is 35.7 Å². The number of anilines is 2. The molecule has 2 heterocycles. The zero-order chi connectivity index (χ0) is 24.7. The zero-order valence-corrected chi connectivity index (χ0v) is 18.3. The molecule has 12 heteroatoms. The molecule has 1 saturated carbocycles. The molecule has 0 radical (unpaired) electrons. The first kappa shape index (κ1) is 23.3. The lowest BCUT2D eigenvalue weighted by molar-refractivity contribution is -0.274. The number of carbonyl (C=O) groups is 3. The Hall–Kier alpha value is -3.83. The monoisotopic (exact) mass is 478 g/mol. The Morgan fingerprint density at radius 1 is 1.18 bits per heavy atom. The number of rotatable bonds is 6. The SMILES string of the molecule is CC(C)OC(=O)Nc1cnccc1CN1C(=O)N(c2ccc(OC(F)(F)F)cc2)C(=O)C12CC2. The van der Waals surface area contributed by atoms with E-state index in [1.165, 1.54) is 29.4 Å². The predicted molar refractivity (Wildman–Crippen MR) is 113 cm³/mol. The molecule has 0 unspecified atom stereocenters. The summed E-state index contributed by atoms with van der Waals surface area (Å²) in [6.07, 6.45) is -2.07. The van der Waals surface area contributed by atoms with Crippen molar-refractivity contribution in [3.05, 3.63) is 48.3 Å². The number of urea groups is 1. The van der Waals surface area contributed by atoms with E-state index in [0.29, 0.717) is 24.1 Å². The van der Waals surface area contributed by atoms with Gasteiger partial charge in [-0.15, -0.1) is 13.2 Å². The number of carbonyl (C=O) groups excluding carboxylic acids is 3. The summed E-state index contributed by atoms with van der Waals surface area (Å²) in [6.45, 7) is 3.41. The highest BCUT2D eigenvalue weighted by Gasteiger charge is 2.65. The Morgan fingerprint density at radius 2 is 1.85 bits per heavy atom. The van der Waals surface area contributed by atoms with Crippen molar-refractivity contribution in [2.45, 2.75) is 51.2 Å². The topological polar surface area (TPSA) is 101 Å². The van der Waals surface area contributed by atoms with E-state index in [-0.39, 0.29) is 18.3 Å². The fourth-order valence-electron chi connectivity index (χ4n) is 3.76. The first-order valence-corrected chi connectivity index (χ1v) is 10.4. The second-order valence-corrected chi connectivity index (χ2v) is 8.19. The van der Waals surface area contributed by atoms with E-state index in [1.54, 1.807) is 19.9 Å². The lowest BCUT2D eigenvalue weighted by Gasteiger charge is -2.23. The van der Waals surface area contributed by atoms with Crippen molar-refractivity contribution >= 4 is 29.4 Å². The maximum Gasteiger partial charge on any atom is 0.573 e. The van der Waals surface area contributed by atoms with E-state index in [0.717, 1.165) is 17.0 Å². The smallest absolute Gasteiger partial charge is 0.447 e. The van der Waals surface area contributed by atoms with E-state index in [4.69, 9.17) is 4.74 Å². The minimum absolute atomic E-state index is 0.0101. The second kappa shape index (κ2) is 8.50. The van der Waals surface area contributed by atoms with Crippen LogP contribution < -0.4 is 15.0 Å². The van der Waals surface area contributed by atoms with Gasteiger partial charge in [-0.2, -0.15) is 0 Å². The first-order valence-electron chi connectivity index (χ1n) is 10.4. The predicted octanol–water partition coefficient (Wildman–Crippen LogP) is 4.44. The first-order chi connectivity index (χ1) is 16.0. The molecule has 0 atom stereocenters. The molecule has 1 aliphatic carbocycles. The van der Waals surface area contributed by atoms with Crippen molar-refractivity contribution in [2.75, 3.05) is 10.2 Å². The molecule has 2 aliphatic rings. The standard InChI is InChI=1S/C22H21F3N4O5/c1-13(2)33-19(31)27-17-11-26-10-7-14(17)12-28-20(32)29(18(30)21(28)8-9-21)15-3-5-16(6-4-15)34-22(23,24)25/h3-7,10-11,13H,8-9,12H2,1-2H3,(H,27,31). The summed E-state index contributed by atoms with van der Waals surface area (Å²) in [5, 5.41) is 2.59. The third-order valence-electron chi connectivity index (χ3n) is 5.41. The van der Waals surface area contributed by atoms with Crippen molar-refractivity contribution < 1.29 is 37.0 Å². The van der Waals surface area contributed by atoms with Gasteiger partial charge < -0.3 is 14.4 Å². The summed E-state index contributed by atoms with van der Waals surface area (Å²) in [5.41, 5.74) is -0.0286. The molecule has 1 aromatic carbocycles. The summed E-state index contributed by atoms with van der Waals surface area (Å²) >= 11 is 0. The quantitative estimate of drug-likeness (QED) is 0.616. The molecule has 9 nitrogen and oxygen atoms in total.